The molecular formula is C13H21N3S2. The fourth-order valence-electron chi connectivity index (χ4n) is 2.04. The van der Waals surface area contributed by atoms with Gasteiger partial charge >= 0.3 is 0 Å². The Labute approximate surface area is 117 Å². The van der Waals surface area contributed by atoms with Crippen LogP contribution in [0.4, 0.5) is 0 Å². The highest BCUT2D eigenvalue weighted by molar-refractivity contribution is 7.98. The molecule has 0 radical (unpaired) electrons. The summed E-state index contributed by atoms with van der Waals surface area (Å²) < 4.78 is 2.27. The number of aromatic nitrogens is 2. The zero-order valence-electron chi connectivity index (χ0n) is 11.5. The van der Waals surface area contributed by atoms with Crippen LogP contribution in [0.25, 0.3) is 4.96 Å². The summed E-state index contributed by atoms with van der Waals surface area (Å²) in [5, 5.41) is 5.77. The molecule has 2 rings (SSSR count). The summed E-state index contributed by atoms with van der Waals surface area (Å²) in [6, 6.07) is 0.557. The Morgan fingerprint density at radius 2 is 2.28 bits per heavy atom. The van der Waals surface area contributed by atoms with E-state index < -0.39 is 0 Å². The Hall–Kier alpha value is -0.520. The van der Waals surface area contributed by atoms with E-state index in [2.05, 4.69) is 47.1 Å². The van der Waals surface area contributed by atoms with E-state index in [1.54, 1.807) is 11.3 Å². The quantitative estimate of drug-likeness (QED) is 0.882. The monoisotopic (exact) mass is 283 g/mol. The van der Waals surface area contributed by atoms with E-state index in [-0.39, 0.29) is 0 Å². The van der Waals surface area contributed by atoms with Crippen molar-refractivity contribution in [2.45, 2.75) is 39.8 Å². The number of nitrogens with one attached hydrogen (secondary N) is 1. The van der Waals surface area contributed by atoms with Crippen molar-refractivity contribution in [2.75, 3.05) is 12.0 Å². The second-order valence-corrected chi connectivity index (χ2v) is 6.52. The molecule has 3 nitrogen and oxygen atoms in total. The van der Waals surface area contributed by atoms with Crippen molar-refractivity contribution < 1.29 is 0 Å². The maximum absolute atomic E-state index is 4.61. The maximum Gasteiger partial charge on any atom is 0.194 e. The second-order valence-electron chi connectivity index (χ2n) is 4.70. The number of hydrogen-bond acceptors (Lipinski definition) is 4. The number of imidazole rings is 1. The Bertz CT molecular complexity index is 516. The van der Waals surface area contributed by atoms with Crippen LogP contribution in [0.15, 0.2) is 5.38 Å². The number of thioether (sulfide) groups is 1. The average molecular weight is 283 g/mol. The number of fused-ring (bicyclic) bond motifs is 1. The van der Waals surface area contributed by atoms with Gasteiger partial charge in [0.05, 0.1) is 11.4 Å². The molecule has 2 heterocycles. The first-order valence-corrected chi connectivity index (χ1v) is 8.55. The molecule has 0 fully saturated rings. The predicted molar refractivity (Wildman–Crippen MR) is 81.8 cm³/mol. The molecule has 0 aliphatic carbocycles. The van der Waals surface area contributed by atoms with Gasteiger partial charge in [-0.2, -0.15) is 11.8 Å². The SMILES string of the molecule is CSCCC(C)NCc1c(C)nc2scc(C)n12. The minimum atomic E-state index is 0.557. The first-order chi connectivity index (χ1) is 8.63. The molecule has 5 heteroatoms. The standard InChI is InChI=1S/C13H21N3S2/c1-9(5-6-17-4)14-7-12-11(3)15-13-16(12)10(2)8-18-13/h8-9,14H,5-7H2,1-4H3. The molecule has 0 amide bonds. The molecule has 0 bridgehead atoms. The molecule has 0 aliphatic rings. The van der Waals surface area contributed by atoms with Gasteiger partial charge in [0.1, 0.15) is 0 Å². The summed E-state index contributed by atoms with van der Waals surface area (Å²) in [6.45, 7) is 7.40. The molecule has 1 atom stereocenters. The van der Waals surface area contributed by atoms with Gasteiger partial charge in [-0.05, 0) is 39.2 Å². The van der Waals surface area contributed by atoms with Crippen LogP contribution >= 0.6 is 23.1 Å². The predicted octanol–water partition coefficient (Wildman–Crippen LogP) is 3.24. The van der Waals surface area contributed by atoms with Gasteiger partial charge in [-0.15, -0.1) is 11.3 Å². The van der Waals surface area contributed by atoms with Crippen molar-refractivity contribution in [1.82, 2.24) is 14.7 Å². The van der Waals surface area contributed by atoms with Crippen molar-refractivity contribution in [3.8, 4) is 0 Å². The Morgan fingerprint density at radius 1 is 1.50 bits per heavy atom. The summed E-state index contributed by atoms with van der Waals surface area (Å²) in [5.74, 6) is 1.21. The third-order valence-electron chi connectivity index (χ3n) is 3.20. The molecule has 1 N–H and O–H groups in total. The van der Waals surface area contributed by atoms with Gasteiger partial charge in [0.2, 0.25) is 0 Å². The minimum absolute atomic E-state index is 0.557. The summed E-state index contributed by atoms with van der Waals surface area (Å²) in [7, 11) is 0. The van der Waals surface area contributed by atoms with E-state index in [9.17, 15) is 0 Å². The van der Waals surface area contributed by atoms with Gasteiger partial charge in [0.15, 0.2) is 4.96 Å². The van der Waals surface area contributed by atoms with Crippen molar-refractivity contribution in [1.29, 1.82) is 0 Å². The van der Waals surface area contributed by atoms with Crippen LogP contribution in [0.5, 0.6) is 0 Å². The van der Waals surface area contributed by atoms with E-state index in [0.29, 0.717) is 6.04 Å². The topological polar surface area (TPSA) is 29.3 Å². The first-order valence-electron chi connectivity index (χ1n) is 6.27. The van der Waals surface area contributed by atoms with E-state index in [1.165, 1.54) is 23.6 Å². The lowest BCUT2D eigenvalue weighted by atomic mass is 10.2. The molecule has 100 valence electrons. The van der Waals surface area contributed by atoms with Crippen LogP contribution in [-0.2, 0) is 6.54 Å². The molecule has 0 saturated carbocycles. The van der Waals surface area contributed by atoms with E-state index in [4.69, 9.17) is 0 Å². The molecule has 1 unspecified atom stereocenters. The maximum atomic E-state index is 4.61. The number of aryl methyl sites for hydroxylation is 2. The van der Waals surface area contributed by atoms with Crippen molar-refractivity contribution in [3.63, 3.8) is 0 Å². The van der Waals surface area contributed by atoms with Crippen molar-refractivity contribution in [2.24, 2.45) is 0 Å². The van der Waals surface area contributed by atoms with Crippen LogP contribution < -0.4 is 5.32 Å². The van der Waals surface area contributed by atoms with Crippen LogP contribution in [0, 0.1) is 13.8 Å². The lowest BCUT2D eigenvalue weighted by molar-refractivity contribution is 0.529. The van der Waals surface area contributed by atoms with Crippen LogP contribution in [0.3, 0.4) is 0 Å². The molecule has 0 spiro atoms. The zero-order chi connectivity index (χ0) is 13.1. The Kier molecular flexibility index (Phi) is 4.70. The fourth-order valence-corrected chi connectivity index (χ4v) is 3.56. The lowest BCUT2D eigenvalue weighted by Gasteiger charge is -2.13. The highest BCUT2D eigenvalue weighted by atomic mass is 32.2. The van der Waals surface area contributed by atoms with Gasteiger partial charge in [-0.1, -0.05) is 0 Å². The number of thiazole rings is 1. The second kappa shape index (κ2) is 6.08. The van der Waals surface area contributed by atoms with Crippen molar-refractivity contribution >= 4 is 28.1 Å². The molecule has 2 aromatic rings. The highest BCUT2D eigenvalue weighted by Gasteiger charge is 2.12. The van der Waals surface area contributed by atoms with E-state index >= 15 is 0 Å². The number of nitrogens with zero attached hydrogens (tertiary/aromatic N) is 2. The summed E-state index contributed by atoms with van der Waals surface area (Å²) >= 11 is 3.62. The smallest absolute Gasteiger partial charge is 0.194 e. The van der Waals surface area contributed by atoms with E-state index in [0.717, 1.165) is 17.2 Å². The molecule has 0 aromatic carbocycles. The van der Waals surface area contributed by atoms with Gasteiger partial charge in [-0.25, -0.2) is 4.98 Å². The van der Waals surface area contributed by atoms with Crippen LogP contribution in [0.1, 0.15) is 30.4 Å². The van der Waals surface area contributed by atoms with Gasteiger partial charge in [0.25, 0.3) is 0 Å². The molecule has 2 aromatic heterocycles. The summed E-state index contributed by atoms with van der Waals surface area (Å²) in [6.07, 6.45) is 3.37. The normalized spacial score (nSPS) is 13.3. The Morgan fingerprint density at radius 3 is 3.00 bits per heavy atom. The third-order valence-corrected chi connectivity index (χ3v) is 4.79. The van der Waals surface area contributed by atoms with Gasteiger partial charge < -0.3 is 5.32 Å². The Balaban J connectivity index is 2.06. The lowest BCUT2D eigenvalue weighted by Crippen LogP contribution is -2.27. The molecule has 0 saturated heterocycles. The zero-order valence-corrected chi connectivity index (χ0v) is 13.1. The van der Waals surface area contributed by atoms with Crippen LogP contribution in [0.2, 0.25) is 0 Å². The highest BCUT2D eigenvalue weighted by Crippen LogP contribution is 2.20. The average Bonchev–Trinajstić information content (AvgIpc) is 2.84. The number of hydrogen-bond donors (Lipinski definition) is 1. The largest absolute Gasteiger partial charge is 0.309 e. The molecular weight excluding hydrogens is 262 g/mol. The summed E-state index contributed by atoms with van der Waals surface area (Å²) in [4.78, 5) is 5.72. The summed E-state index contributed by atoms with van der Waals surface area (Å²) in [5.41, 5.74) is 3.73. The van der Waals surface area contributed by atoms with E-state index in [1.807, 2.05) is 11.8 Å². The minimum Gasteiger partial charge on any atom is -0.309 e. The third kappa shape index (κ3) is 2.90. The van der Waals surface area contributed by atoms with Gasteiger partial charge in [0, 0.05) is 23.7 Å². The number of rotatable bonds is 6. The van der Waals surface area contributed by atoms with Gasteiger partial charge in [-0.3, -0.25) is 4.40 Å². The molecule has 18 heavy (non-hydrogen) atoms. The van der Waals surface area contributed by atoms with Crippen molar-refractivity contribution in [3.05, 3.63) is 22.5 Å². The molecule has 0 aliphatic heterocycles. The fraction of sp³-hybridized carbons (Fsp3) is 0.615. The van der Waals surface area contributed by atoms with Crippen LogP contribution in [-0.4, -0.2) is 27.4 Å². The first kappa shape index (κ1) is 13.9.